The Balaban J connectivity index is 2.58. The average Bonchev–Trinajstić information content (AvgIpc) is 2.30. The third kappa shape index (κ3) is 5.20. The number of hydrogen-bond donors (Lipinski definition) is 0. The average molecular weight is 269 g/mol. The maximum atomic E-state index is 10.7. The van der Waals surface area contributed by atoms with Gasteiger partial charge < -0.3 is 0 Å². The smallest absolute Gasteiger partial charge is 0.185 e. The van der Waals surface area contributed by atoms with Crippen molar-refractivity contribution in [1.29, 1.82) is 0 Å². The van der Waals surface area contributed by atoms with Crippen molar-refractivity contribution in [2.75, 3.05) is 5.75 Å². The van der Waals surface area contributed by atoms with Crippen molar-refractivity contribution in [3.8, 4) is 0 Å². The van der Waals surface area contributed by atoms with Crippen molar-refractivity contribution >= 4 is 40.8 Å². The van der Waals surface area contributed by atoms with Crippen molar-refractivity contribution in [1.82, 2.24) is 0 Å². The maximum absolute atomic E-state index is 10.7. The Morgan fingerprint density at radius 1 is 1.47 bits per heavy atom. The number of benzene rings is 1. The fourth-order valence-electron chi connectivity index (χ4n) is 1.24. The molecule has 17 heavy (non-hydrogen) atoms. The Morgan fingerprint density at radius 2 is 2.24 bits per heavy atom. The van der Waals surface area contributed by atoms with Crippen LogP contribution < -0.4 is 0 Å². The minimum absolute atomic E-state index is 0.124. The van der Waals surface area contributed by atoms with E-state index >= 15 is 0 Å². The van der Waals surface area contributed by atoms with E-state index in [1.54, 1.807) is 25.1 Å². The summed E-state index contributed by atoms with van der Waals surface area (Å²) in [7, 11) is 0. The molecule has 0 saturated carbocycles. The molecule has 0 fully saturated rings. The summed E-state index contributed by atoms with van der Waals surface area (Å²) in [6.45, 7) is 1.55. The van der Waals surface area contributed by atoms with Gasteiger partial charge >= 0.3 is 0 Å². The van der Waals surface area contributed by atoms with Gasteiger partial charge in [0.1, 0.15) is 6.29 Å². The van der Waals surface area contributed by atoms with E-state index in [2.05, 4.69) is 0 Å². The molecule has 0 aliphatic heterocycles. The molecule has 0 aliphatic carbocycles. The number of carbonyl (C=O) groups excluding carboxylic acids is 2. The number of aldehydes is 1. The van der Waals surface area contributed by atoms with Crippen LogP contribution in [0.5, 0.6) is 0 Å². The zero-order chi connectivity index (χ0) is 12.7. The third-order valence-corrected chi connectivity index (χ3v) is 3.23. The Kier molecular flexibility index (Phi) is 6.01. The lowest BCUT2D eigenvalue weighted by Gasteiger charge is -1.99. The number of allylic oxidation sites excluding steroid dienone is 1. The van der Waals surface area contributed by atoms with Crippen molar-refractivity contribution in [2.24, 2.45) is 0 Å². The fourth-order valence-corrected chi connectivity index (χ4v) is 1.97. The molecule has 0 spiro atoms. The zero-order valence-corrected chi connectivity index (χ0v) is 11.1. The highest BCUT2D eigenvalue weighted by atomic mass is 35.5. The van der Waals surface area contributed by atoms with Crippen LogP contribution in [0.25, 0.3) is 6.08 Å². The summed E-state index contributed by atoms with van der Waals surface area (Å²) in [6.07, 6.45) is 5.41. The van der Waals surface area contributed by atoms with E-state index in [1.807, 2.05) is 12.2 Å². The molecule has 0 unspecified atom stereocenters. The molecule has 4 heteroatoms. The summed E-state index contributed by atoms with van der Waals surface area (Å²) in [5, 5.41) is 0.741. The largest absolute Gasteiger partial charge is 0.298 e. The first-order valence-corrected chi connectivity index (χ1v) is 6.54. The van der Waals surface area contributed by atoms with Crippen LogP contribution in [0, 0.1) is 0 Å². The molecule has 0 bridgehead atoms. The second kappa shape index (κ2) is 7.30. The van der Waals surface area contributed by atoms with Crippen LogP contribution in [0.15, 0.2) is 24.3 Å². The van der Waals surface area contributed by atoms with Gasteiger partial charge in [0, 0.05) is 23.3 Å². The minimum atomic E-state index is 0.124. The predicted molar refractivity (Wildman–Crippen MR) is 73.6 cm³/mol. The van der Waals surface area contributed by atoms with Gasteiger partial charge in [0.25, 0.3) is 0 Å². The van der Waals surface area contributed by atoms with E-state index in [4.69, 9.17) is 11.6 Å². The highest BCUT2D eigenvalue weighted by molar-refractivity contribution is 8.13. The molecule has 0 aliphatic rings. The monoisotopic (exact) mass is 268 g/mol. The first-order chi connectivity index (χ1) is 8.13. The van der Waals surface area contributed by atoms with Crippen molar-refractivity contribution < 1.29 is 9.59 Å². The van der Waals surface area contributed by atoms with Crippen LogP contribution in [0.3, 0.4) is 0 Å². The first kappa shape index (κ1) is 14.0. The number of thioether (sulfide) groups is 1. The number of rotatable bonds is 5. The summed E-state index contributed by atoms with van der Waals surface area (Å²) in [4.78, 5) is 21.3. The van der Waals surface area contributed by atoms with Crippen LogP contribution in [0.4, 0.5) is 0 Å². The van der Waals surface area contributed by atoms with Gasteiger partial charge in [-0.2, -0.15) is 0 Å². The normalized spacial score (nSPS) is 10.7. The van der Waals surface area contributed by atoms with Gasteiger partial charge in [0.2, 0.25) is 0 Å². The summed E-state index contributed by atoms with van der Waals surface area (Å²) in [5.74, 6) is 0.761. The standard InChI is InChI=1S/C13H13ClO2S/c1-10(16)17-7-3-2-4-12-8-11(9-15)5-6-13(12)14/h2,4-6,8-9H,3,7H2,1H3. The number of carbonyl (C=O) groups is 2. The highest BCUT2D eigenvalue weighted by Gasteiger charge is 1.98. The molecule has 0 radical (unpaired) electrons. The van der Waals surface area contributed by atoms with Gasteiger partial charge in [0.15, 0.2) is 5.12 Å². The molecule has 1 rings (SSSR count). The van der Waals surface area contributed by atoms with Crippen LogP contribution in [0.1, 0.15) is 29.3 Å². The summed E-state index contributed by atoms with van der Waals surface area (Å²) in [5.41, 5.74) is 1.43. The molecular formula is C13H13ClO2S. The lowest BCUT2D eigenvalue weighted by Crippen LogP contribution is -1.85. The van der Waals surface area contributed by atoms with Gasteiger partial charge in [-0.3, -0.25) is 9.59 Å². The molecular weight excluding hydrogens is 256 g/mol. The molecule has 0 aromatic heterocycles. The Bertz CT molecular complexity index is 441. The Morgan fingerprint density at radius 3 is 2.88 bits per heavy atom. The van der Waals surface area contributed by atoms with E-state index in [1.165, 1.54) is 11.8 Å². The summed E-state index contributed by atoms with van der Waals surface area (Å²) < 4.78 is 0. The van der Waals surface area contributed by atoms with Crippen LogP contribution >= 0.6 is 23.4 Å². The van der Waals surface area contributed by atoms with E-state index < -0.39 is 0 Å². The van der Waals surface area contributed by atoms with Crippen LogP contribution in [0.2, 0.25) is 5.02 Å². The SMILES string of the molecule is CC(=O)SCCC=Cc1cc(C=O)ccc1Cl. The summed E-state index contributed by atoms with van der Waals surface area (Å²) >= 11 is 7.29. The molecule has 1 aromatic rings. The zero-order valence-electron chi connectivity index (χ0n) is 9.48. The van der Waals surface area contributed by atoms with Crippen LogP contribution in [-0.4, -0.2) is 17.2 Å². The topological polar surface area (TPSA) is 34.1 Å². The minimum Gasteiger partial charge on any atom is -0.298 e. The van der Waals surface area contributed by atoms with Crippen LogP contribution in [-0.2, 0) is 4.79 Å². The van der Waals surface area contributed by atoms with Crippen molar-refractivity contribution in [3.63, 3.8) is 0 Å². The number of halogens is 1. The van der Waals surface area contributed by atoms with E-state index in [0.29, 0.717) is 10.6 Å². The molecule has 0 atom stereocenters. The lowest BCUT2D eigenvalue weighted by molar-refractivity contribution is -0.109. The lowest BCUT2D eigenvalue weighted by atomic mass is 10.1. The van der Waals surface area contributed by atoms with Gasteiger partial charge in [-0.25, -0.2) is 0 Å². The van der Waals surface area contributed by atoms with E-state index in [-0.39, 0.29) is 5.12 Å². The predicted octanol–water partition coefficient (Wildman–Crippen LogP) is 3.84. The second-order valence-electron chi connectivity index (χ2n) is 3.43. The third-order valence-electron chi connectivity index (χ3n) is 2.04. The molecule has 0 heterocycles. The molecule has 2 nitrogen and oxygen atoms in total. The molecule has 90 valence electrons. The quantitative estimate of drug-likeness (QED) is 0.601. The first-order valence-electron chi connectivity index (χ1n) is 5.18. The van der Waals surface area contributed by atoms with Gasteiger partial charge in [-0.1, -0.05) is 41.6 Å². The second-order valence-corrected chi connectivity index (χ2v) is 5.11. The van der Waals surface area contributed by atoms with E-state index in [0.717, 1.165) is 24.0 Å². The fraction of sp³-hybridized carbons (Fsp3) is 0.231. The van der Waals surface area contributed by atoms with E-state index in [9.17, 15) is 9.59 Å². The number of hydrogen-bond acceptors (Lipinski definition) is 3. The molecule has 1 aromatic carbocycles. The van der Waals surface area contributed by atoms with Gasteiger partial charge in [-0.05, 0) is 24.1 Å². The van der Waals surface area contributed by atoms with Gasteiger partial charge in [0.05, 0.1) is 0 Å². The molecule has 0 saturated heterocycles. The van der Waals surface area contributed by atoms with Crippen molar-refractivity contribution in [3.05, 3.63) is 40.4 Å². The highest BCUT2D eigenvalue weighted by Crippen LogP contribution is 2.19. The Hall–Kier alpha value is -1.06. The van der Waals surface area contributed by atoms with Crippen molar-refractivity contribution in [2.45, 2.75) is 13.3 Å². The molecule has 0 N–H and O–H groups in total. The molecule has 0 amide bonds. The summed E-state index contributed by atoms with van der Waals surface area (Å²) in [6, 6.07) is 5.12. The maximum Gasteiger partial charge on any atom is 0.185 e. The Labute approximate surface area is 110 Å². The van der Waals surface area contributed by atoms with Gasteiger partial charge in [-0.15, -0.1) is 0 Å².